The second-order valence-electron chi connectivity index (χ2n) is 20.8. The molecule has 2 atom stereocenters. The molecule has 2 aliphatic rings. The van der Waals surface area contributed by atoms with Crippen molar-refractivity contribution in [3.8, 4) is 45.4 Å². The van der Waals surface area contributed by atoms with Gasteiger partial charge in [-0.25, -0.2) is 46.3 Å². The van der Waals surface area contributed by atoms with Gasteiger partial charge >= 0.3 is 11.4 Å². The summed E-state index contributed by atoms with van der Waals surface area (Å²) in [6.07, 6.45) is 5.78. The first kappa shape index (κ1) is 59.8. The van der Waals surface area contributed by atoms with Gasteiger partial charge in [-0.2, -0.15) is 9.97 Å². The molecule has 2 amide bonds. The van der Waals surface area contributed by atoms with Crippen LogP contribution >= 0.6 is 0 Å². The van der Waals surface area contributed by atoms with Crippen LogP contribution in [0, 0.1) is 37.1 Å². The second-order valence-corrected chi connectivity index (χ2v) is 20.8. The molecule has 2 fully saturated rings. The Hall–Kier alpha value is -9.34. The summed E-state index contributed by atoms with van der Waals surface area (Å²) in [6, 6.07) is 12.5. The predicted octanol–water partition coefficient (Wildman–Crippen LogP) is 9.60. The molecule has 0 radical (unpaired) electrons. The van der Waals surface area contributed by atoms with Gasteiger partial charge in [0.1, 0.15) is 46.2 Å². The molecular weight excluding hydrogens is 1070 g/mol. The van der Waals surface area contributed by atoms with E-state index in [0.29, 0.717) is 73.2 Å². The van der Waals surface area contributed by atoms with Crippen LogP contribution in [-0.2, 0) is 9.59 Å². The van der Waals surface area contributed by atoms with Crippen LogP contribution < -0.4 is 21.2 Å². The first-order chi connectivity index (χ1) is 39.1. The van der Waals surface area contributed by atoms with Crippen LogP contribution in [0.5, 0.6) is 11.5 Å². The van der Waals surface area contributed by atoms with E-state index in [0.717, 1.165) is 24.3 Å². The second kappa shape index (κ2) is 24.0. The van der Waals surface area contributed by atoms with Crippen LogP contribution in [0.2, 0.25) is 0 Å². The minimum Gasteiger partial charge on any atom is -0.507 e. The highest BCUT2D eigenvalue weighted by Crippen LogP contribution is 2.39. The Kier molecular flexibility index (Phi) is 17.3. The quantitative estimate of drug-likeness (QED) is 0.0966. The van der Waals surface area contributed by atoms with E-state index in [9.17, 15) is 38.2 Å². The molecule has 10 rings (SSSR count). The molecule has 18 nitrogen and oxygen atoms in total. The summed E-state index contributed by atoms with van der Waals surface area (Å²) in [4.78, 5) is 86.0. The van der Waals surface area contributed by atoms with Gasteiger partial charge in [0.25, 0.3) is 0 Å². The highest BCUT2D eigenvalue weighted by molar-refractivity contribution is 5.93. The van der Waals surface area contributed by atoms with Gasteiger partial charge in [0.2, 0.25) is 11.8 Å². The third-order valence-corrected chi connectivity index (χ3v) is 14.7. The van der Waals surface area contributed by atoms with E-state index in [4.69, 9.17) is 0 Å². The number of aryl methyl sites for hydroxylation is 2. The Bertz CT molecular complexity index is 3720. The van der Waals surface area contributed by atoms with Crippen LogP contribution in [0.4, 0.5) is 29.2 Å². The molecule has 8 heterocycles. The van der Waals surface area contributed by atoms with E-state index >= 15 is 8.78 Å². The van der Waals surface area contributed by atoms with Crippen molar-refractivity contribution in [3.05, 3.63) is 165 Å². The Morgan fingerprint density at radius 1 is 0.590 bits per heavy atom. The van der Waals surface area contributed by atoms with E-state index < -0.39 is 68.7 Å². The van der Waals surface area contributed by atoms with E-state index in [1.807, 2.05) is 65.2 Å². The zero-order valence-corrected chi connectivity index (χ0v) is 46.5. The van der Waals surface area contributed by atoms with Gasteiger partial charge < -0.3 is 29.8 Å². The number of carbonyl (C=O) groups excluding carboxylic acids is 2. The maximum atomic E-state index is 15.8. The van der Waals surface area contributed by atoms with E-state index in [1.54, 1.807) is 34.3 Å². The Morgan fingerprint density at radius 2 is 0.964 bits per heavy atom. The monoisotopic (exact) mass is 1140 g/mol. The number of piperazine rings is 2. The van der Waals surface area contributed by atoms with Gasteiger partial charge in [-0.15, -0.1) is 0 Å². The lowest BCUT2D eigenvalue weighted by atomic mass is 10.0. The number of aromatic hydroxyl groups is 2. The number of halogens is 4. The summed E-state index contributed by atoms with van der Waals surface area (Å²) < 4.78 is 63.9. The van der Waals surface area contributed by atoms with E-state index in [-0.39, 0.29) is 76.9 Å². The number of rotatable bonds is 10. The van der Waals surface area contributed by atoms with E-state index in [1.165, 1.54) is 45.6 Å². The van der Waals surface area contributed by atoms with Gasteiger partial charge in [-0.05, 0) is 111 Å². The largest absolute Gasteiger partial charge is 0.507 e. The molecule has 22 heteroatoms. The molecule has 0 saturated carbocycles. The molecule has 0 spiro atoms. The molecule has 0 bridgehead atoms. The number of carbonyl (C=O) groups is 2. The number of aromatic nitrogens is 8. The topological polar surface area (TPSA) is 209 Å². The average molecular weight is 1140 g/mol. The molecule has 432 valence electrons. The number of hydrogen-bond donors (Lipinski definition) is 2. The molecule has 2 aromatic carbocycles. The summed E-state index contributed by atoms with van der Waals surface area (Å²) in [6.45, 7) is 24.2. The minimum absolute atomic E-state index is 0. The molecular formula is C61H64F4N12O6. The fourth-order valence-electron chi connectivity index (χ4n) is 10.7. The van der Waals surface area contributed by atoms with Gasteiger partial charge in [0.05, 0.1) is 44.7 Å². The summed E-state index contributed by atoms with van der Waals surface area (Å²) in [5, 5.41) is 21.3. The zero-order chi connectivity index (χ0) is 59.2. The molecule has 8 aromatic rings. The SMILES string of the molecule is C.C=CC(=O)N1CCN(c2nc(=O)n(-c3c(C)ccnc3C(C)C)c3nc(-c4c(O)cccc4F)c(F)cc23)[C@@H](C)C1.C=CC(=O)N1CCN(c2nc(=O)n(-c3c(C)ccnc3C(C)C)c3nc(-c4c(O)cccc4F)c(F)cc23)[C@@H](C)C1. The lowest BCUT2D eigenvalue weighted by molar-refractivity contribution is -0.127. The molecule has 2 saturated heterocycles. The van der Waals surface area contributed by atoms with Gasteiger partial charge in [-0.3, -0.25) is 19.6 Å². The minimum atomic E-state index is -0.897. The molecule has 2 N–H and O–H groups in total. The zero-order valence-electron chi connectivity index (χ0n) is 46.5. The fraction of sp³-hybridized carbons (Fsp3) is 0.311. The highest BCUT2D eigenvalue weighted by atomic mass is 19.1. The maximum Gasteiger partial charge on any atom is 0.355 e. The molecule has 0 aliphatic carbocycles. The smallest absolute Gasteiger partial charge is 0.355 e. The highest BCUT2D eigenvalue weighted by Gasteiger charge is 2.34. The predicted molar refractivity (Wildman–Crippen MR) is 311 cm³/mol. The van der Waals surface area contributed by atoms with Gasteiger partial charge in [0.15, 0.2) is 22.9 Å². The van der Waals surface area contributed by atoms with Gasteiger partial charge in [-0.1, -0.05) is 60.4 Å². The van der Waals surface area contributed by atoms with Crippen LogP contribution in [0.3, 0.4) is 0 Å². The Morgan fingerprint density at radius 3 is 1.29 bits per heavy atom. The van der Waals surface area contributed by atoms with Crippen LogP contribution in [0.1, 0.15) is 83.3 Å². The van der Waals surface area contributed by atoms with Crippen molar-refractivity contribution in [1.82, 2.24) is 48.8 Å². The number of phenolic OH excluding ortho intramolecular Hbond substituents is 2. The third kappa shape index (κ3) is 11.1. The lowest BCUT2D eigenvalue weighted by Gasteiger charge is -2.40. The lowest BCUT2D eigenvalue weighted by Crippen LogP contribution is -2.54. The van der Waals surface area contributed by atoms with Crippen molar-refractivity contribution >= 4 is 45.5 Å². The standard InChI is InChI=1S/2C30H30F2N6O3.CH4/c2*1-6-23(40)36-12-13-37(18(5)15-36)28-19-14-21(32)26(24-20(31)8-7-9-22(24)39)34-29(19)38(30(41)35-28)27-17(4)10-11-33-25(27)16(2)3;/h2*6-11,14,16,18,39H,1,12-13,15H2,2-5H3;1H4/t2*18-;/m00./s1. The summed E-state index contributed by atoms with van der Waals surface area (Å²) >= 11 is 0. The number of fused-ring (bicyclic) bond motifs is 2. The van der Waals surface area contributed by atoms with Crippen molar-refractivity contribution in [2.24, 2.45) is 0 Å². The van der Waals surface area contributed by atoms with Crippen molar-refractivity contribution in [1.29, 1.82) is 0 Å². The number of nitrogens with zero attached hydrogens (tertiary/aromatic N) is 12. The Balaban J connectivity index is 0.000000214. The van der Waals surface area contributed by atoms with Crippen molar-refractivity contribution in [2.75, 3.05) is 49.1 Å². The Labute approximate surface area is 476 Å². The average Bonchev–Trinajstić information content (AvgIpc) is 2.69. The first-order valence-corrected chi connectivity index (χ1v) is 26.6. The maximum absolute atomic E-state index is 15.8. The molecule has 2 aliphatic heterocycles. The molecule has 0 unspecified atom stereocenters. The number of pyridine rings is 4. The van der Waals surface area contributed by atoms with Gasteiger partial charge in [0, 0.05) is 63.7 Å². The fourth-order valence-corrected chi connectivity index (χ4v) is 10.7. The summed E-state index contributed by atoms with van der Waals surface area (Å²) in [5.74, 6) is -4.70. The van der Waals surface area contributed by atoms with Crippen LogP contribution in [-0.4, -0.2) is 122 Å². The first-order valence-electron chi connectivity index (χ1n) is 26.6. The van der Waals surface area contributed by atoms with Crippen molar-refractivity contribution < 1.29 is 37.4 Å². The molecule has 83 heavy (non-hydrogen) atoms. The van der Waals surface area contributed by atoms with Crippen molar-refractivity contribution in [2.45, 2.75) is 86.7 Å². The molecule has 6 aromatic heterocycles. The number of hydrogen-bond acceptors (Lipinski definition) is 14. The van der Waals surface area contributed by atoms with Crippen molar-refractivity contribution in [3.63, 3.8) is 0 Å². The summed E-state index contributed by atoms with van der Waals surface area (Å²) in [7, 11) is 0. The number of anilines is 2. The normalized spacial score (nSPS) is 15.3. The number of phenols is 2. The number of benzene rings is 2. The van der Waals surface area contributed by atoms with E-state index in [2.05, 4.69) is 43.1 Å². The third-order valence-electron chi connectivity index (χ3n) is 14.7. The summed E-state index contributed by atoms with van der Waals surface area (Å²) in [5.41, 5.74) is 0.549. The van der Waals surface area contributed by atoms with Crippen LogP contribution in [0.25, 0.3) is 56.0 Å². The number of amides is 2. The van der Waals surface area contributed by atoms with Crippen LogP contribution in [0.15, 0.2) is 108 Å².